The van der Waals surface area contributed by atoms with Gasteiger partial charge in [-0.15, -0.1) is 0 Å². The maximum Gasteiger partial charge on any atom is 0.103 e. The van der Waals surface area contributed by atoms with Gasteiger partial charge in [-0.3, -0.25) is 0 Å². The minimum Gasteiger partial charge on any atom is -0.356 e. The van der Waals surface area contributed by atoms with Crippen LogP contribution in [0.2, 0.25) is 0 Å². The number of hydrogen-bond acceptors (Lipinski definition) is 1. The quantitative estimate of drug-likeness (QED) is 0.704. The van der Waals surface area contributed by atoms with Crippen molar-refractivity contribution < 1.29 is 4.74 Å². The van der Waals surface area contributed by atoms with Gasteiger partial charge in [0.1, 0.15) is 5.60 Å². The molecule has 0 aromatic heterocycles. The molecule has 3 rings (SSSR count). The third kappa shape index (κ3) is 2.19. The van der Waals surface area contributed by atoms with Crippen LogP contribution < -0.4 is 0 Å². The molecular weight excluding hydrogens is 220 g/mol. The lowest BCUT2D eigenvalue weighted by atomic mass is 9.93. The Hall–Kier alpha value is -1.60. The van der Waals surface area contributed by atoms with E-state index in [0.29, 0.717) is 0 Å². The van der Waals surface area contributed by atoms with Crippen LogP contribution in [0.15, 0.2) is 60.2 Å². The van der Waals surface area contributed by atoms with Crippen LogP contribution in [0.1, 0.15) is 25.8 Å². The van der Waals surface area contributed by atoms with Crippen LogP contribution >= 0.6 is 0 Å². The maximum absolute atomic E-state index is 6.03. The maximum atomic E-state index is 6.03. The smallest absolute Gasteiger partial charge is 0.103 e. The van der Waals surface area contributed by atoms with Crippen molar-refractivity contribution in [3.63, 3.8) is 0 Å². The molecule has 92 valence electrons. The van der Waals surface area contributed by atoms with Gasteiger partial charge in [0.25, 0.3) is 0 Å². The Morgan fingerprint density at radius 2 is 1.83 bits per heavy atom. The van der Waals surface area contributed by atoms with Crippen LogP contribution in [-0.2, 0) is 4.74 Å². The number of ether oxygens (including phenoxy) is 1. The average molecular weight is 238 g/mol. The molecule has 0 radical (unpaired) electrons. The van der Waals surface area contributed by atoms with E-state index < -0.39 is 0 Å². The lowest BCUT2D eigenvalue weighted by molar-refractivity contribution is -0.0520. The first-order valence-corrected chi connectivity index (χ1v) is 6.42. The summed E-state index contributed by atoms with van der Waals surface area (Å²) in [6.07, 6.45) is 11.9. The first-order chi connectivity index (χ1) is 8.57. The van der Waals surface area contributed by atoms with Crippen LogP contribution in [-0.4, -0.2) is 11.2 Å². The monoisotopic (exact) mass is 238 g/mol. The molecule has 2 heterocycles. The van der Waals surface area contributed by atoms with Crippen molar-refractivity contribution in [2.75, 3.05) is 0 Å². The lowest BCUT2D eigenvalue weighted by Gasteiger charge is -2.34. The zero-order chi connectivity index (χ0) is 12.6. The second-order valence-corrected chi connectivity index (χ2v) is 5.57. The van der Waals surface area contributed by atoms with E-state index in [1.54, 1.807) is 0 Å². The molecule has 2 atom stereocenters. The third-order valence-corrected chi connectivity index (χ3v) is 3.54. The van der Waals surface area contributed by atoms with Crippen molar-refractivity contribution in [2.24, 2.45) is 0 Å². The average Bonchev–Trinajstić information content (AvgIpc) is 2.57. The summed E-state index contributed by atoms with van der Waals surface area (Å²) in [5.74, 6) is 0. The van der Waals surface area contributed by atoms with E-state index in [0.717, 1.165) is 6.42 Å². The molecule has 0 saturated heterocycles. The Kier molecular flexibility index (Phi) is 2.53. The standard InChI is InChI=1S/C17H18O/c1-16-10-11-17(2,18-16)13-15(12-16)9-8-14-6-4-3-5-7-14/h3-12H,13H2,1-2H3/b9-8+/t16-,17+/m0/s1. The SMILES string of the molecule is C[C@]12C=C[C@](C)(CC(/C=C/c3ccccc3)=C1)O2. The third-order valence-electron chi connectivity index (χ3n) is 3.54. The van der Waals surface area contributed by atoms with E-state index >= 15 is 0 Å². The highest BCUT2D eigenvalue weighted by molar-refractivity contribution is 5.54. The van der Waals surface area contributed by atoms with Crippen molar-refractivity contribution >= 4 is 6.08 Å². The van der Waals surface area contributed by atoms with Gasteiger partial charge in [-0.25, -0.2) is 0 Å². The van der Waals surface area contributed by atoms with Crippen LogP contribution in [0.25, 0.3) is 6.08 Å². The summed E-state index contributed by atoms with van der Waals surface area (Å²) in [6, 6.07) is 10.4. The first-order valence-electron chi connectivity index (χ1n) is 6.42. The molecule has 0 saturated carbocycles. The van der Waals surface area contributed by atoms with Gasteiger partial charge in [-0.2, -0.15) is 0 Å². The fourth-order valence-corrected chi connectivity index (χ4v) is 2.78. The molecule has 1 nitrogen and oxygen atoms in total. The Morgan fingerprint density at radius 3 is 2.56 bits per heavy atom. The fourth-order valence-electron chi connectivity index (χ4n) is 2.78. The Morgan fingerprint density at radius 1 is 1.06 bits per heavy atom. The highest BCUT2D eigenvalue weighted by Crippen LogP contribution is 2.41. The summed E-state index contributed by atoms with van der Waals surface area (Å²) in [5, 5.41) is 0. The summed E-state index contributed by atoms with van der Waals surface area (Å²) in [5.41, 5.74) is 2.24. The number of benzene rings is 1. The zero-order valence-corrected chi connectivity index (χ0v) is 10.9. The van der Waals surface area contributed by atoms with Gasteiger partial charge in [0.05, 0.1) is 5.60 Å². The molecular formula is C17H18O. The Balaban J connectivity index is 1.83. The number of allylic oxidation sites excluding steroid dienone is 1. The molecule has 1 aromatic rings. The Labute approximate surface area is 108 Å². The van der Waals surface area contributed by atoms with Crippen LogP contribution in [0.4, 0.5) is 0 Å². The summed E-state index contributed by atoms with van der Waals surface area (Å²) in [6.45, 7) is 4.27. The topological polar surface area (TPSA) is 9.23 Å². The molecule has 0 unspecified atom stereocenters. The van der Waals surface area contributed by atoms with E-state index in [-0.39, 0.29) is 11.2 Å². The molecule has 0 spiro atoms. The highest BCUT2D eigenvalue weighted by atomic mass is 16.5. The molecule has 2 bridgehead atoms. The van der Waals surface area contributed by atoms with Crippen LogP contribution in [0.5, 0.6) is 0 Å². The normalized spacial score (nSPS) is 34.0. The van der Waals surface area contributed by atoms with Crippen molar-refractivity contribution in [3.8, 4) is 0 Å². The van der Waals surface area contributed by atoms with Gasteiger partial charge >= 0.3 is 0 Å². The van der Waals surface area contributed by atoms with Gasteiger partial charge in [0, 0.05) is 6.42 Å². The van der Waals surface area contributed by atoms with E-state index in [2.05, 4.69) is 68.5 Å². The van der Waals surface area contributed by atoms with Crippen LogP contribution in [0, 0.1) is 0 Å². The molecule has 1 aromatic carbocycles. The second-order valence-electron chi connectivity index (χ2n) is 5.57. The molecule has 1 heteroatoms. The fraction of sp³-hybridized carbons (Fsp3) is 0.294. The molecule has 2 aliphatic heterocycles. The Bertz CT molecular complexity index is 538. The predicted molar refractivity (Wildman–Crippen MR) is 75.2 cm³/mol. The van der Waals surface area contributed by atoms with Gasteiger partial charge in [0.2, 0.25) is 0 Å². The molecule has 0 amide bonds. The molecule has 0 fully saturated rings. The predicted octanol–water partition coefficient (Wildman–Crippen LogP) is 4.13. The second kappa shape index (κ2) is 3.96. The van der Waals surface area contributed by atoms with Crippen molar-refractivity contribution in [2.45, 2.75) is 31.5 Å². The molecule has 2 aliphatic rings. The number of fused-ring (bicyclic) bond motifs is 2. The van der Waals surface area contributed by atoms with Gasteiger partial charge in [-0.05, 0) is 31.1 Å². The van der Waals surface area contributed by atoms with E-state index in [1.165, 1.54) is 11.1 Å². The molecule has 0 N–H and O–H groups in total. The summed E-state index contributed by atoms with van der Waals surface area (Å²) < 4.78 is 6.03. The first kappa shape index (κ1) is 11.5. The van der Waals surface area contributed by atoms with Crippen molar-refractivity contribution in [1.82, 2.24) is 0 Å². The molecule has 18 heavy (non-hydrogen) atoms. The number of hydrogen-bond donors (Lipinski definition) is 0. The lowest BCUT2D eigenvalue weighted by Crippen LogP contribution is -2.35. The van der Waals surface area contributed by atoms with Gasteiger partial charge < -0.3 is 4.74 Å². The largest absolute Gasteiger partial charge is 0.356 e. The summed E-state index contributed by atoms with van der Waals surface area (Å²) >= 11 is 0. The summed E-state index contributed by atoms with van der Waals surface area (Å²) in [7, 11) is 0. The van der Waals surface area contributed by atoms with E-state index in [4.69, 9.17) is 4.74 Å². The zero-order valence-electron chi connectivity index (χ0n) is 10.9. The van der Waals surface area contributed by atoms with Gasteiger partial charge in [-0.1, -0.05) is 54.6 Å². The van der Waals surface area contributed by atoms with E-state index in [1.807, 2.05) is 6.07 Å². The van der Waals surface area contributed by atoms with Gasteiger partial charge in [0.15, 0.2) is 0 Å². The number of rotatable bonds is 2. The van der Waals surface area contributed by atoms with Crippen LogP contribution in [0.3, 0.4) is 0 Å². The minimum atomic E-state index is -0.219. The summed E-state index contributed by atoms with van der Waals surface area (Å²) in [4.78, 5) is 0. The minimum absolute atomic E-state index is 0.125. The highest BCUT2D eigenvalue weighted by Gasteiger charge is 2.41. The van der Waals surface area contributed by atoms with Crippen molar-refractivity contribution in [1.29, 1.82) is 0 Å². The van der Waals surface area contributed by atoms with Crippen molar-refractivity contribution in [3.05, 3.63) is 65.8 Å². The molecule has 0 aliphatic carbocycles. The van der Waals surface area contributed by atoms with E-state index in [9.17, 15) is 0 Å².